The molecule has 5 heteroatoms. The zero-order valence-electron chi connectivity index (χ0n) is 12.3. The third-order valence-electron chi connectivity index (χ3n) is 4.24. The minimum atomic E-state index is 0.144. The molecule has 1 amide bonds. The van der Waals surface area contributed by atoms with Crippen molar-refractivity contribution in [2.24, 2.45) is 11.8 Å². The first kappa shape index (κ1) is 15.1. The lowest BCUT2D eigenvalue weighted by Crippen LogP contribution is -2.47. The van der Waals surface area contributed by atoms with Crippen LogP contribution in [-0.4, -0.2) is 73.2 Å². The van der Waals surface area contributed by atoms with Gasteiger partial charge in [-0.1, -0.05) is 13.8 Å². The summed E-state index contributed by atoms with van der Waals surface area (Å²) in [5.74, 6) is 1.97. The number of carbonyl (C=O) groups is 1. The number of morpholine rings is 1. The maximum absolute atomic E-state index is 12.4. The number of hydrogen-bond donors (Lipinski definition) is 0. The standard InChI is InChI=1S/C14H26N2O2S/c1-11-8-16(14(17)12(2)10-19-3)9-13(11)15-4-6-18-7-5-15/h11-13H,4-10H2,1-3H3/t11-,12+,13-/m1/s1. The number of thioether (sulfide) groups is 1. The van der Waals surface area contributed by atoms with Crippen LogP contribution in [0, 0.1) is 11.8 Å². The monoisotopic (exact) mass is 286 g/mol. The molecule has 3 atom stereocenters. The van der Waals surface area contributed by atoms with E-state index >= 15 is 0 Å². The van der Waals surface area contributed by atoms with Gasteiger partial charge in [0.1, 0.15) is 0 Å². The third-order valence-corrected chi connectivity index (χ3v) is 5.07. The lowest BCUT2D eigenvalue weighted by molar-refractivity contribution is -0.133. The second-order valence-electron chi connectivity index (χ2n) is 5.79. The molecular weight excluding hydrogens is 260 g/mol. The summed E-state index contributed by atoms with van der Waals surface area (Å²) in [5.41, 5.74) is 0. The van der Waals surface area contributed by atoms with Crippen LogP contribution in [0.2, 0.25) is 0 Å². The molecule has 2 rings (SSSR count). The number of carbonyl (C=O) groups excluding carboxylic acids is 1. The Hall–Kier alpha value is -0.260. The van der Waals surface area contributed by atoms with Crippen molar-refractivity contribution < 1.29 is 9.53 Å². The van der Waals surface area contributed by atoms with E-state index in [1.807, 2.05) is 6.92 Å². The van der Waals surface area contributed by atoms with Gasteiger partial charge in [-0.2, -0.15) is 11.8 Å². The molecule has 2 heterocycles. The van der Waals surface area contributed by atoms with Gasteiger partial charge in [0.15, 0.2) is 0 Å². The number of likely N-dealkylation sites (tertiary alicyclic amines) is 1. The van der Waals surface area contributed by atoms with Crippen molar-refractivity contribution in [2.75, 3.05) is 51.4 Å². The van der Waals surface area contributed by atoms with E-state index in [2.05, 4.69) is 23.0 Å². The molecule has 0 aliphatic carbocycles. The Kier molecular flexibility index (Phi) is 5.54. The molecule has 0 spiro atoms. The van der Waals surface area contributed by atoms with Crippen molar-refractivity contribution in [1.29, 1.82) is 0 Å². The van der Waals surface area contributed by atoms with Crippen LogP contribution in [0.15, 0.2) is 0 Å². The van der Waals surface area contributed by atoms with E-state index in [1.54, 1.807) is 11.8 Å². The quantitative estimate of drug-likeness (QED) is 0.776. The van der Waals surface area contributed by atoms with Crippen LogP contribution >= 0.6 is 11.8 Å². The van der Waals surface area contributed by atoms with Gasteiger partial charge in [-0.05, 0) is 12.2 Å². The van der Waals surface area contributed by atoms with Gasteiger partial charge in [-0.25, -0.2) is 0 Å². The van der Waals surface area contributed by atoms with E-state index in [4.69, 9.17) is 4.74 Å². The van der Waals surface area contributed by atoms with E-state index in [0.717, 1.165) is 45.1 Å². The van der Waals surface area contributed by atoms with Gasteiger partial charge in [0.25, 0.3) is 0 Å². The fourth-order valence-corrected chi connectivity index (χ4v) is 3.79. The first-order chi connectivity index (χ1) is 9.13. The predicted octanol–water partition coefficient (Wildman–Crippen LogP) is 1.16. The van der Waals surface area contributed by atoms with Crippen LogP contribution in [0.5, 0.6) is 0 Å². The average Bonchev–Trinajstić information content (AvgIpc) is 2.81. The molecule has 0 bridgehead atoms. The van der Waals surface area contributed by atoms with Crippen molar-refractivity contribution >= 4 is 17.7 Å². The van der Waals surface area contributed by atoms with Crippen LogP contribution < -0.4 is 0 Å². The summed E-state index contributed by atoms with van der Waals surface area (Å²) in [5, 5.41) is 0. The Labute approximate surface area is 120 Å². The zero-order valence-corrected chi connectivity index (χ0v) is 13.1. The van der Waals surface area contributed by atoms with Gasteiger partial charge in [0.2, 0.25) is 5.91 Å². The molecule has 19 heavy (non-hydrogen) atoms. The first-order valence-electron chi connectivity index (χ1n) is 7.23. The van der Waals surface area contributed by atoms with Crippen molar-refractivity contribution in [3.05, 3.63) is 0 Å². The lowest BCUT2D eigenvalue weighted by Gasteiger charge is -2.34. The molecule has 4 nitrogen and oxygen atoms in total. The molecule has 2 saturated heterocycles. The smallest absolute Gasteiger partial charge is 0.226 e. The van der Waals surface area contributed by atoms with Crippen molar-refractivity contribution in [3.8, 4) is 0 Å². The molecule has 2 aliphatic heterocycles. The Balaban J connectivity index is 1.90. The highest BCUT2D eigenvalue weighted by atomic mass is 32.2. The molecule has 0 radical (unpaired) electrons. The van der Waals surface area contributed by atoms with E-state index in [-0.39, 0.29) is 5.92 Å². The summed E-state index contributed by atoms with van der Waals surface area (Å²) in [4.78, 5) is 17.0. The van der Waals surface area contributed by atoms with Crippen molar-refractivity contribution in [2.45, 2.75) is 19.9 Å². The molecule has 0 aromatic heterocycles. The summed E-state index contributed by atoms with van der Waals surface area (Å²) in [6.07, 6.45) is 2.06. The van der Waals surface area contributed by atoms with E-state index in [0.29, 0.717) is 17.9 Å². The molecule has 0 saturated carbocycles. The molecule has 2 fully saturated rings. The third kappa shape index (κ3) is 3.64. The Morgan fingerprint density at radius 1 is 1.37 bits per heavy atom. The minimum absolute atomic E-state index is 0.144. The fraction of sp³-hybridized carbons (Fsp3) is 0.929. The fourth-order valence-electron chi connectivity index (χ4n) is 3.15. The van der Waals surface area contributed by atoms with Gasteiger partial charge >= 0.3 is 0 Å². The van der Waals surface area contributed by atoms with Crippen LogP contribution in [-0.2, 0) is 9.53 Å². The van der Waals surface area contributed by atoms with Crippen LogP contribution in [0.3, 0.4) is 0 Å². The molecular formula is C14H26N2O2S. The first-order valence-corrected chi connectivity index (χ1v) is 8.62. The SMILES string of the molecule is CSC[C@H](C)C(=O)N1C[C@@H](C)[C@H](N2CCOCC2)C1. The Bertz CT molecular complexity index is 308. The van der Waals surface area contributed by atoms with Gasteiger partial charge in [0, 0.05) is 43.9 Å². The summed E-state index contributed by atoms with van der Waals surface area (Å²) in [7, 11) is 0. The summed E-state index contributed by atoms with van der Waals surface area (Å²) in [6, 6.07) is 0.523. The average molecular weight is 286 g/mol. The highest BCUT2D eigenvalue weighted by molar-refractivity contribution is 7.98. The van der Waals surface area contributed by atoms with Gasteiger partial charge in [-0.15, -0.1) is 0 Å². The largest absolute Gasteiger partial charge is 0.379 e. The second-order valence-corrected chi connectivity index (χ2v) is 6.70. The summed E-state index contributed by atoms with van der Waals surface area (Å²) < 4.78 is 5.41. The molecule has 110 valence electrons. The van der Waals surface area contributed by atoms with Gasteiger partial charge < -0.3 is 9.64 Å². The predicted molar refractivity (Wildman–Crippen MR) is 79.5 cm³/mol. The van der Waals surface area contributed by atoms with E-state index in [9.17, 15) is 4.79 Å². The zero-order chi connectivity index (χ0) is 13.8. The second kappa shape index (κ2) is 6.95. The normalized spacial score (nSPS) is 30.6. The van der Waals surface area contributed by atoms with E-state index < -0.39 is 0 Å². The minimum Gasteiger partial charge on any atom is -0.379 e. The molecule has 0 N–H and O–H groups in total. The van der Waals surface area contributed by atoms with E-state index in [1.165, 1.54) is 0 Å². The Morgan fingerprint density at radius 2 is 2.05 bits per heavy atom. The summed E-state index contributed by atoms with van der Waals surface area (Å²) in [6.45, 7) is 9.82. The number of amides is 1. The highest BCUT2D eigenvalue weighted by Crippen LogP contribution is 2.24. The number of ether oxygens (including phenoxy) is 1. The van der Waals surface area contributed by atoms with Gasteiger partial charge in [-0.3, -0.25) is 9.69 Å². The van der Waals surface area contributed by atoms with Crippen molar-refractivity contribution in [1.82, 2.24) is 9.80 Å². The van der Waals surface area contributed by atoms with Crippen LogP contribution in [0.25, 0.3) is 0 Å². The number of rotatable bonds is 4. The van der Waals surface area contributed by atoms with Gasteiger partial charge in [0.05, 0.1) is 13.2 Å². The molecule has 0 unspecified atom stereocenters. The summed E-state index contributed by atoms with van der Waals surface area (Å²) >= 11 is 1.75. The number of hydrogen-bond acceptors (Lipinski definition) is 4. The molecule has 2 aliphatic rings. The van der Waals surface area contributed by atoms with Crippen molar-refractivity contribution in [3.63, 3.8) is 0 Å². The Morgan fingerprint density at radius 3 is 2.68 bits per heavy atom. The van der Waals surface area contributed by atoms with Crippen LogP contribution in [0.4, 0.5) is 0 Å². The number of nitrogens with zero attached hydrogens (tertiary/aromatic N) is 2. The maximum atomic E-state index is 12.4. The molecule has 0 aromatic rings. The lowest BCUT2D eigenvalue weighted by atomic mass is 10.0. The highest BCUT2D eigenvalue weighted by Gasteiger charge is 2.37. The maximum Gasteiger partial charge on any atom is 0.226 e. The molecule has 0 aromatic carbocycles. The van der Waals surface area contributed by atoms with Crippen LogP contribution in [0.1, 0.15) is 13.8 Å². The topological polar surface area (TPSA) is 32.8 Å².